The van der Waals surface area contributed by atoms with E-state index in [1.54, 1.807) is 6.92 Å². The highest BCUT2D eigenvalue weighted by Crippen LogP contribution is 2.62. The Morgan fingerprint density at radius 2 is 2.00 bits per heavy atom. The van der Waals surface area contributed by atoms with E-state index < -0.39 is 5.63 Å². The van der Waals surface area contributed by atoms with Crippen molar-refractivity contribution in [3.63, 3.8) is 0 Å². The summed E-state index contributed by atoms with van der Waals surface area (Å²) in [7, 11) is 0. The Labute approximate surface area is 197 Å². The standard InChI is InChI=1S/C28H40O5/c1-17(8-11-21-23(30)16-19(3)32-26(21)31)9-12-22-18(2)10-13-24-27(5,6)25(33-20(4)29)14-15-28(22,24)7/h8,16,22,24-25,30H,2,9-15H2,1,3-7H3/b17-8+/t22-,24-,25-,28+/m0/s1. The molecule has 2 fully saturated rings. The lowest BCUT2D eigenvalue weighted by Crippen LogP contribution is -2.55. The summed E-state index contributed by atoms with van der Waals surface area (Å²) in [6, 6.07) is 1.49. The van der Waals surface area contributed by atoms with Crippen molar-refractivity contribution in [1.82, 2.24) is 0 Å². The summed E-state index contributed by atoms with van der Waals surface area (Å²) < 4.78 is 10.9. The fourth-order valence-electron chi connectivity index (χ4n) is 6.66. The van der Waals surface area contributed by atoms with Crippen molar-refractivity contribution < 1.29 is 19.1 Å². The lowest BCUT2D eigenvalue weighted by molar-refractivity contribution is -0.174. The minimum absolute atomic E-state index is 0.00409. The van der Waals surface area contributed by atoms with Crippen LogP contribution in [0.3, 0.4) is 0 Å². The van der Waals surface area contributed by atoms with E-state index in [1.807, 2.05) is 6.08 Å². The van der Waals surface area contributed by atoms with Crippen LogP contribution < -0.4 is 5.63 Å². The molecular weight excluding hydrogens is 416 g/mol. The largest absolute Gasteiger partial charge is 0.507 e. The summed E-state index contributed by atoms with van der Waals surface area (Å²) in [6.07, 6.45) is 8.31. The quantitative estimate of drug-likeness (QED) is 0.404. The van der Waals surface area contributed by atoms with E-state index in [9.17, 15) is 14.7 Å². The van der Waals surface area contributed by atoms with Crippen LogP contribution in [-0.4, -0.2) is 17.2 Å². The number of allylic oxidation sites excluding steroid dienone is 3. The van der Waals surface area contributed by atoms with Gasteiger partial charge in [-0.3, -0.25) is 4.79 Å². The molecule has 1 N–H and O–H groups in total. The van der Waals surface area contributed by atoms with Crippen molar-refractivity contribution in [3.8, 4) is 5.75 Å². The van der Waals surface area contributed by atoms with Gasteiger partial charge in [-0.25, -0.2) is 4.79 Å². The number of hydrogen-bond donors (Lipinski definition) is 1. The predicted molar refractivity (Wildman–Crippen MR) is 130 cm³/mol. The first-order chi connectivity index (χ1) is 15.4. The van der Waals surface area contributed by atoms with Gasteiger partial charge in [-0.1, -0.05) is 44.6 Å². The minimum Gasteiger partial charge on any atom is -0.507 e. The fourth-order valence-corrected chi connectivity index (χ4v) is 6.66. The number of rotatable bonds is 6. The number of aryl methyl sites for hydroxylation is 1. The van der Waals surface area contributed by atoms with Crippen LogP contribution in [0.15, 0.2) is 39.1 Å². The zero-order valence-electron chi connectivity index (χ0n) is 21.1. The van der Waals surface area contributed by atoms with Gasteiger partial charge in [0.05, 0.1) is 5.56 Å². The van der Waals surface area contributed by atoms with Gasteiger partial charge in [0.1, 0.15) is 17.6 Å². The third kappa shape index (κ3) is 5.12. The number of hydrogen-bond acceptors (Lipinski definition) is 5. The van der Waals surface area contributed by atoms with Crippen LogP contribution in [0.4, 0.5) is 0 Å². The topological polar surface area (TPSA) is 76.7 Å². The van der Waals surface area contributed by atoms with E-state index in [0.717, 1.165) is 38.5 Å². The van der Waals surface area contributed by atoms with Gasteiger partial charge in [0.15, 0.2) is 0 Å². The smallest absolute Gasteiger partial charge is 0.343 e. The predicted octanol–water partition coefficient (Wildman–Crippen LogP) is 6.26. The van der Waals surface area contributed by atoms with Crippen molar-refractivity contribution in [2.45, 2.75) is 92.6 Å². The number of ether oxygens (including phenoxy) is 1. The van der Waals surface area contributed by atoms with Gasteiger partial charge in [0.25, 0.3) is 0 Å². The van der Waals surface area contributed by atoms with Gasteiger partial charge >= 0.3 is 11.6 Å². The number of aromatic hydroxyl groups is 1. The molecule has 2 aliphatic rings. The summed E-state index contributed by atoms with van der Waals surface area (Å²) in [5, 5.41) is 10.1. The van der Waals surface area contributed by atoms with Crippen LogP contribution in [0.1, 0.15) is 84.5 Å². The molecule has 182 valence electrons. The third-order valence-electron chi connectivity index (χ3n) is 8.45. The van der Waals surface area contributed by atoms with Gasteiger partial charge in [-0.2, -0.15) is 0 Å². The minimum atomic E-state index is -0.473. The van der Waals surface area contributed by atoms with Crippen molar-refractivity contribution in [2.24, 2.45) is 22.7 Å². The molecule has 0 aromatic carbocycles. The Morgan fingerprint density at radius 3 is 2.64 bits per heavy atom. The highest BCUT2D eigenvalue weighted by Gasteiger charge is 2.56. The first kappa shape index (κ1) is 25.3. The number of carbonyl (C=O) groups excluding carboxylic acids is 1. The summed E-state index contributed by atoms with van der Waals surface area (Å²) in [5.41, 5.74) is 2.42. The maximum absolute atomic E-state index is 12.1. The van der Waals surface area contributed by atoms with Crippen molar-refractivity contribution in [3.05, 3.63) is 51.6 Å². The zero-order chi connectivity index (χ0) is 24.6. The van der Waals surface area contributed by atoms with Crippen LogP contribution in [0.2, 0.25) is 0 Å². The van der Waals surface area contributed by atoms with Gasteiger partial charge < -0.3 is 14.3 Å². The number of esters is 1. The Hall–Kier alpha value is -2.30. The molecule has 0 spiro atoms. The second-order valence-electron chi connectivity index (χ2n) is 11.1. The maximum Gasteiger partial charge on any atom is 0.343 e. The summed E-state index contributed by atoms with van der Waals surface area (Å²) >= 11 is 0. The van der Waals surface area contributed by atoms with Crippen LogP contribution in [0, 0.1) is 29.6 Å². The monoisotopic (exact) mass is 456 g/mol. The molecule has 0 aliphatic heterocycles. The molecule has 5 heteroatoms. The molecule has 5 nitrogen and oxygen atoms in total. The number of fused-ring (bicyclic) bond motifs is 1. The van der Waals surface area contributed by atoms with Crippen LogP contribution >= 0.6 is 0 Å². The molecule has 1 aromatic rings. The van der Waals surface area contributed by atoms with Crippen LogP contribution in [0.25, 0.3) is 0 Å². The highest BCUT2D eigenvalue weighted by atomic mass is 16.5. The molecule has 4 atom stereocenters. The van der Waals surface area contributed by atoms with Crippen LogP contribution in [-0.2, 0) is 16.0 Å². The molecule has 0 radical (unpaired) electrons. The summed E-state index contributed by atoms with van der Waals surface area (Å²) in [4.78, 5) is 23.7. The molecular formula is C28H40O5. The summed E-state index contributed by atoms with van der Waals surface area (Å²) in [6.45, 7) is 16.6. The Morgan fingerprint density at radius 1 is 1.30 bits per heavy atom. The average molecular weight is 457 g/mol. The molecule has 0 saturated heterocycles. The SMILES string of the molecule is C=C1CC[C@H]2C(C)(C)[C@@H](OC(C)=O)CC[C@]2(C)[C@H]1CC/C(C)=C/Cc1c(O)cc(C)oc1=O. The lowest BCUT2D eigenvalue weighted by atomic mass is 9.46. The molecule has 0 amide bonds. The normalized spacial score (nSPS) is 29.5. The van der Waals surface area contributed by atoms with Gasteiger partial charge in [-0.15, -0.1) is 0 Å². The first-order valence-corrected chi connectivity index (χ1v) is 12.2. The van der Waals surface area contributed by atoms with Crippen molar-refractivity contribution in [2.75, 3.05) is 0 Å². The molecule has 1 heterocycles. The van der Waals surface area contributed by atoms with E-state index in [0.29, 0.717) is 29.6 Å². The van der Waals surface area contributed by atoms with E-state index in [2.05, 4.69) is 34.3 Å². The molecule has 3 rings (SSSR count). The van der Waals surface area contributed by atoms with E-state index in [1.165, 1.54) is 24.1 Å². The summed E-state index contributed by atoms with van der Waals surface area (Å²) in [5.74, 6) is 1.09. The molecule has 0 bridgehead atoms. The highest BCUT2D eigenvalue weighted by molar-refractivity contribution is 5.66. The van der Waals surface area contributed by atoms with E-state index in [-0.39, 0.29) is 28.7 Å². The Balaban J connectivity index is 1.73. The number of carbonyl (C=O) groups is 1. The first-order valence-electron chi connectivity index (χ1n) is 12.2. The molecule has 33 heavy (non-hydrogen) atoms. The Bertz CT molecular complexity index is 998. The maximum atomic E-state index is 12.1. The molecule has 0 unspecified atom stereocenters. The average Bonchev–Trinajstić information content (AvgIpc) is 2.68. The fraction of sp³-hybridized carbons (Fsp3) is 0.643. The van der Waals surface area contributed by atoms with E-state index in [4.69, 9.17) is 9.15 Å². The third-order valence-corrected chi connectivity index (χ3v) is 8.45. The van der Waals surface area contributed by atoms with Gasteiger partial charge in [-0.05, 0) is 69.6 Å². The second kappa shape index (κ2) is 9.52. The molecule has 1 aromatic heterocycles. The zero-order valence-corrected chi connectivity index (χ0v) is 21.1. The Kier molecular flexibility index (Phi) is 7.30. The van der Waals surface area contributed by atoms with Crippen molar-refractivity contribution in [1.29, 1.82) is 0 Å². The molecule has 2 aliphatic carbocycles. The van der Waals surface area contributed by atoms with Crippen LogP contribution in [0.5, 0.6) is 5.75 Å². The van der Waals surface area contributed by atoms with E-state index >= 15 is 0 Å². The van der Waals surface area contributed by atoms with Gasteiger partial charge in [0.2, 0.25) is 0 Å². The molecule has 2 saturated carbocycles. The second-order valence-corrected chi connectivity index (χ2v) is 11.1. The lowest BCUT2D eigenvalue weighted by Gasteiger charge is -2.60. The van der Waals surface area contributed by atoms with Gasteiger partial charge in [0, 0.05) is 24.8 Å². The van der Waals surface area contributed by atoms with Crippen molar-refractivity contribution >= 4 is 5.97 Å².